The molecule has 184 valence electrons. The number of nitrogens with one attached hydrogen (secondary N) is 1. The van der Waals surface area contributed by atoms with Crippen molar-refractivity contribution in [3.05, 3.63) is 96.3 Å². The van der Waals surface area contributed by atoms with Crippen molar-refractivity contribution in [3.63, 3.8) is 0 Å². The highest BCUT2D eigenvalue weighted by Gasteiger charge is 2.18. The van der Waals surface area contributed by atoms with Crippen molar-refractivity contribution in [2.45, 2.75) is 32.8 Å². The van der Waals surface area contributed by atoms with Crippen molar-refractivity contribution in [3.8, 4) is 17.2 Å². The molecule has 0 spiro atoms. The number of rotatable bonds is 14. The number of carboxylic acid groups (broad SMARTS) is 1. The number of hydrogen-bond donors (Lipinski definition) is 2. The summed E-state index contributed by atoms with van der Waals surface area (Å²) in [7, 11) is 0. The Morgan fingerprint density at radius 1 is 0.943 bits per heavy atom. The van der Waals surface area contributed by atoms with E-state index in [1.165, 1.54) is 0 Å². The van der Waals surface area contributed by atoms with Crippen molar-refractivity contribution in [2.24, 2.45) is 0 Å². The predicted molar refractivity (Wildman–Crippen MR) is 134 cm³/mol. The summed E-state index contributed by atoms with van der Waals surface area (Å²) in [4.78, 5) is 16.9. The van der Waals surface area contributed by atoms with Crippen LogP contribution in [-0.4, -0.2) is 30.4 Å². The maximum Gasteiger partial charge on any atom is 0.333 e. The first kappa shape index (κ1) is 25.8. The summed E-state index contributed by atoms with van der Waals surface area (Å²) in [6.07, 6.45) is 1.77. The molecule has 0 bridgehead atoms. The molecule has 2 N–H and O–H groups in total. The molecular weight excluding hydrogens is 446 g/mol. The molecule has 7 heteroatoms. The molecule has 0 saturated heterocycles. The molecule has 0 aliphatic rings. The Morgan fingerprint density at radius 2 is 1.66 bits per heavy atom. The second-order valence-corrected chi connectivity index (χ2v) is 7.67. The highest BCUT2D eigenvalue weighted by molar-refractivity contribution is 5.72. The fourth-order valence-electron chi connectivity index (χ4n) is 3.21. The molecule has 0 saturated carbocycles. The summed E-state index contributed by atoms with van der Waals surface area (Å²) in [5.41, 5.74) is 5.23. The van der Waals surface area contributed by atoms with Crippen LogP contribution in [0.25, 0.3) is 5.70 Å². The number of benzene rings is 3. The smallest absolute Gasteiger partial charge is 0.333 e. The van der Waals surface area contributed by atoms with Crippen molar-refractivity contribution < 1.29 is 28.9 Å². The van der Waals surface area contributed by atoms with E-state index in [-0.39, 0.29) is 6.42 Å². The van der Waals surface area contributed by atoms with E-state index in [1.807, 2.05) is 73.7 Å². The van der Waals surface area contributed by atoms with Gasteiger partial charge in [-0.25, -0.2) is 4.79 Å². The molecule has 1 unspecified atom stereocenters. The minimum Gasteiger partial charge on any atom is -0.479 e. The van der Waals surface area contributed by atoms with Crippen LogP contribution in [0.4, 0.5) is 0 Å². The van der Waals surface area contributed by atoms with Gasteiger partial charge in [-0.1, -0.05) is 37.3 Å². The zero-order valence-corrected chi connectivity index (χ0v) is 20.0. The van der Waals surface area contributed by atoms with Crippen LogP contribution >= 0.6 is 0 Å². The van der Waals surface area contributed by atoms with E-state index in [0.717, 1.165) is 23.3 Å². The first-order chi connectivity index (χ1) is 17.1. The quantitative estimate of drug-likeness (QED) is 0.172. The van der Waals surface area contributed by atoms with E-state index < -0.39 is 12.1 Å². The average molecular weight is 478 g/mol. The monoisotopic (exact) mass is 477 g/mol. The molecule has 35 heavy (non-hydrogen) atoms. The molecular formula is C28H31NO6. The lowest BCUT2D eigenvalue weighted by Gasteiger charge is -2.14. The fraction of sp³-hybridized carbons (Fsp3) is 0.250. The maximum absolute atomic E-state index is 11.4. The summed E-state index contributed by atoms with van der Waals surface area (Å²) in [5, 5.41) is 9.35. The molecule has 7 nitrogen and oxygen atoms in total. The van der Waals surface area contributed by atoms with E-state index >= 15 is 0 Å². The van der Waals surface area contributed by atoms with Crippen molar-refractivity contribution >= 4 is 11.7 Å². The normalized spacial score (nSPS) is 12.1. The van der Waals surface area contributed by atoms with Crippen LogP contribution in [0.2, 0.25) is 0 Å². The van der Waals surface area contributed by atoms with Crippen LogP contribution in [0.15, 0.2) is 85.1 Å². The lowest BCUT2D eigenvalue weighted by atomic mass is 10.1. The molecule has 0 aromatic heterocycles. The van der Waals surface area contributed by atoms with E-state index in [1.54, 1.807) is 25.3 Å². The third kappa shape index (κ3) is 8.48. The van der Waals surface area contributed by atoms with Gasteiger partial charge in [0.1, 0.15) is 29.2 Å². The van der Waals surface area contributed by atoms with Gasteiger partial charge >= 0.3 is 5.97 Å². The number of carbonyl (C=O) groups is 1. The summed E-state index contributed by atoms with van der Waals surface area (Å²) in [6.45, 7) is 4.67. The SMILES string of the molecule is CCCONC(=COc1cccc(CC(OCC)C(=O)O)c1)c1ccc(Oc2ccccc2)cc1. The van der Waals surface area contributed by atoms with Gasteiger partial charge in [-0.05, 0) is 67.4 Å². The van der Waals surface area contributed by atoms with Gasteiger partial charge in [0.05, 0.1) is 6.61 Å². The summed E-state index contributed by atoms with van der Waals surface area (Å²) >= 11 is 0. The summed E-state index contributed by atoms with van der Waals surface area (Å²) in [5.74, 6) is 1.06. The molecule has 0 fully saturated rings. The fourth-order valence-corrected chi connectivity index (χ4v) is 3.21. The highest BCUT2D eigenvalue weighted by Crippen LogP contribution is 2.24. The van der Waals surface area contributed by atoms with Crippen molar-refractivity contribution in [1.82, 2.24) is 5.48 Å². The molecule has 0 heterocycles. The Morgan fingerprint density at radius 3 is 2.34 bits per heavy atom. The minimum atomic E-state index is -0.989. The first-order valence-electron chi connectivity index (χ1n) is 11.6. The van der Waals surface area contributed by atoms with Gasteiger partial charge in [0.15, 0.2) is 6.10 Å². The van der Waals surface area contributed by atoms with Crippen LogP contribution in [0.3, 0.4) is 0 Å². The van der Waals surface area contributed by atoms with Gasteiger partial charge in [-0.15, -0.1) is 0 Å². The van der Waals surface area contributed by atoms with Crippen LogP contribution in [0.1, 0.15) is 31.4 Å². The zero-order chi connectivity index (χ0) is 24.9. The second-order valence-electron chi connectivity index (χ2n) is 7.67. The van der Waals surface area contributed by atoms with E-state index in [9.17, 15) is 9.90 Å². The number of hydrogen-bond acceptors (Lipinski definition) is 6. The number of carboxylic acids is 1. The number of hydroxylamine groups is 1. The predicted octanol–water partition coefficient (Wildman–Crippen LogP) is 5.82. The number of ether oxygens (including phenoxy) is 3. The van der Waals surface area contributed by atoms with Gasteiger partial charge in [0.2, 0.25) is 0 Å². The topological polar surface area (TPSA) is 86.2 Å². The highest BCUT2D eigenvalue weighted by atomic mass is 16.6. The average Bonchev–Trinajstić information content (AvgIpc) is 2.87. The number of aliphatic carboxylic acids is 1. The summed E-state index contributed by atoms with van der Waals surface area (Å²) < 4.78 is 17.1. The van der Waals surface area contributed by atoms with Crippen LogP contribution < -0.4 is 15.0 Å². The van der Waals surface area contributed by atoms with Crippen LogP contribution in [0.5, 0.6) is 17.2 Å². The van der Waals surface area contributed by atoms with Gasteiger partial charge < -0.3 is 19.3 Å². The van der Waals surface area contributed by atoms with Gasteiger partial charge in [-0.2, -0.15) is 0 Å². The molecule has 3 aromatic rings. The Bertz CT molecular complexity index is 1080. The maximum atomic E-state index is 11.4. The molecule has 1 atom stereocenters. The van der Waals surface area contributed by atoms with Gasteiger partial charge in [0, 0.05) is 18.6 Å². The molecule has 3 aromatic carbocycles. The third-order valence-corrected chi connectivity index (χ3v) is 4.91. The van der Waals surface area contributed by atoms with Crippen molar-refractivity contribution in [1.29, 1.82) is 0 Å². The van der Waals surface area contributed by atoms with E-state index in [4.69, 9.17) is 19.0 Å². The van der Waals surface area contributed by atoms with Crippen molar-refractivity contribution in [2.75, 3.05) is 13.2 Å². The first-order valence-corrected chi connectivity index (χ1v) is 11.6. The third-order valence-electron chi connectivity index (χ3n) is 4.91. The lowest BCUT2D eigenvalue weighted by Crippen LogP contribution is -2.26. The molecule has 0 aliphatic carbocycles. The molecule has 3 rings (SSSR count). The summed E-state index contributed by atoms with van der Waals surface area (Å²) in [6, 6.07) is 24.4. The molecule has 0 aliphatic heterocycles. The Labute approximate surface area is 205 Å². The largest absolute Gasteiger partial charge is 0.479 e. The van der Waals surface area contributed by atoms with E-state index in [2.05, 4.69) is 5.48 Å². The standard InChI is InChI=1S/C28H31NO6/c1-3-17-34-29-26(22-13-15-24(16-14-22)35-23-10-6-5-7-11-23)20-33-25-12-8-9-21(18-25)19-27(28(30)31)32-4-2/h5-16,18,20,27,29H,3-4,17,19H2,1-2H3,(H,30,31). The Kier molecular flexibility index (Phi) is 10.2. The Balaban J connectivity index is 1.73. The number of para-hydroxylation sites is 1. The second kappa shape index (κ2) is 13.8. The molecule has 0 radical (unpaired) electrons. The van der Waals surface area contributed by atoms with Crippen LogP contribution in [0, 0.1) is 0 Å². The zero-order valence-electron chi connectivity index (χ0n) is 20.0. The molecule has 0 amide bonds. The Hall–Kier alpha value is -3.81. The minimum absolute atomic E-state index is 0.248. The van der Waals surface area contributed by atoms with E-state index in [0.29, 0.717) is 30.4 Å². The van der Waals surface area contributed by atoms with Gasteiger partial charge in [-0.3, -0.25) is 10.3 Å². The van der Waals surface area contributed by atoms with Crippen LogP contribution in [-0.2, 0) is 20.8 Å². The lowest BCUT2D eigenvalue weighted by molar-refractivity contribution is -0.149. The van der Waals surface area contributed by atoms with Gasteiger partial charge in [0.25, 0.3) is 0 Å².